The third-order valence-corrected chi connectivity index (χ3v) is 4.63. The van der Waals surface area contributed by atoms with Crippen LogP contribution >= 0.6 is 11.6 Å². The monoisotopic (exact) mass is 371 g/mol. The number of carboxylic acids is 1. The van der Waals surface area contributed by atoms with Gasteiger partial charge in [0.1, 0.15) is 0 Å². The molecule has 0 aromatic heterocycles. The molecule has 2 aromatic rings. The Morgan fingerprint density at radius 2 is 1.38 bits per heavy atom. The number of halogens is 1. The highest BCUT2D eigenvalue weighted by molar-refractivity contribution is 6.33. The molecule has 2 aromatic carbocycles. The lowest BCUT2D eigenvalue weighted by Gasteiger charge is -2.35. The summed E-state index contributed by atoms with van der Waals surface area (Å²) in [5.74, 6) is -1.76. The molecule has 1 aliphatic rings. The van der Waals surface area contributed by atoms with Gasteiger partial charge in [-0.25, -0.2) is 0 Å². The Kier molecular flexibility index (Phi) is 5.23. The number of aromatic carboxylic acids is 1. The number of carbonyl (C=O) groups excluding carboxylic acids is 3. The van der Waals surface area contributed by atoms with Crippen LogP contribution in [-0.2, 0) is 0 Å². The fraction of sp³-hybridized carbons (Fsp3) is 0.211. The Morgan fingerprint density at radius 1 is 0.808 bits per heavy atom. The molecule has 1 saturated heterocycles. The number of nitrogens with zero attached hydrogens (tertiary/aromatic N) is 2. The van der Waals surface area contributed by atoms with Gasteiger partial charge in [0.15, 0.2) is 0 Å². The van der Waals surface area contributed by atoms with E-state index in [2.05, 4.69) is 0 Å². The van der Waals surface area contributed by atoms with E-state index in [0.717, 1.165) is 0 Å². The van der Waals surface area contributed by atoms with E-state index in [1.165, 1.54) is 18.2 Å². The normalized spacial score (nSPS) is 14.2. The van der Waals surface area contributed by atoms with E-state index in [1.54, 1.807) is 40.1 Å². The van der Waals surface area contributed by atoms with Crippen LogP contribution in [0.5, 0.6) is 0 Å². The predicted molar refractivity (Wildman–Crippen MR) is 94.0 cm³/mol. The number of benzene rings is 2. The number of piperazine rings is 1. The van der Waals surface area contributed by atoms with Crippen molar-refractivity contribution in [2.24, 2.45) is 0 Å². The quantitative estimate of drug-likeness (QED) is 0.814. The fourth-order valence-corrected chi connectivity index (χ4v) is 3.10. The maximum absolute atomic E-state index is 12.6. The number of hydrogen-bond acceptors (Lipinski definition) is 4. The van der Waals surface area contributed by atoms with E-state index >= 15 is 0 Å². The molecule has 0 atom stereocenters. The zero-order valence-corrected chi connectivity index (χ0v) is 14.6. The number of carbonyl (C=O) groups is 3. The summed E-state index contributed by atoms with van der Waals surface area (Å²) >= 11 is 6.07. The van der Waals surface area contributed by atoms with E-state index in [1.807, 2.05) is 0 Å². The number of hydrogen-bond donors (Lipinski definition) is 0. The Morgan fingerprint density at radius 3 is 2.00 bits per heavy atom. The first-order valence-corrected chi connectivity index (χ1v) is 8.49. The number of amides is 2. The predicted octanol–water partition coefficient (Wildman–Crippen LogP) is 1.30. The van der Waals surface area contributed by atoms with Crippen LogP contribution in [0.1, 0.15) is 31.1 Å². The second-order valence-electron chi connectivity index (χ2n) is 5.93. The number of carboxylic acid groups (broad SMARTS) is 1. The zero-order chi connectivity index (χ0) is 18.7. The van der Waals surface area contributed by atoms with E-state index in [9.17, 15) is 19.5 Å². The Bertz CT molecular complexity index is 860. The van der Waals surface area contributed by atoms with Gasteiger partial charge in [-0.05, 0) is 29.8 Å². The van der Waals surface area contributed by atoms with Gasteiger partial charge in [0, 0.05) is 31.7 Å². The van der Waals surface area contributed by atoms with Crippen LogP contribution in [0.2, 0.25) is 5.02 Å². The van der Waals surface area contributed by atoms with E-state index in [-0.39, 0.29) is 22.9 Å². The van der Waals surface area contributed by atoms with E-state index in [4.69, 9.17) is 11.6 Å². The van der Waals surface area contributed by atoms with Crippen molar-refractivity contribution in [3.05, 3.63) is 70.2 Å². The zero-order valence-electron chi connectivity index (χ0n) is 13.9. The summed E-state index contributed by atoms with van der Waals surface area (Å²) in [6, 6.07) is 12.6. The Hall–Kier alpha value is -2.86. The van der Waals surface area contributed by atoms with Crippen molar-refractivity contribution in [2.45, 2.75) is 0 Å². The number of rotatable bonds is 3. The average Bonchev–Trinajstić information content (AvgIpc) is 2.67. The van der Waals surface area contributed by atoms with Crippen molar-refractivity contribution in [3.8, 4) is 0 Å². The molecule has 3 rings (SSSR count). The van der Waals surface area contributed by atoms with Crippen molar-refractivity contribution >= 4 is 29.4 Å². The molecule has 0 N–H and O–H groups in total. The topological polar surface area (TPSA) is 80.8 Å². The molecule has 1 fully saturated rings. The van der Waals surface area contributed by atoms with Gasteiger partial charge in [0.05, 0.1) is 16.6 Å². The van der Waals surface area contributed by atoms with Gasteiger partial charge in [0.25, 0.3) is 11.8 Å². The minimum absolute atomic E-state index is 0.0385. The smallest absolute Gasteiger partial charge is 0.255 e. The highest BCUT2D eigenvalue weighted by Crippen LogP contribution is 2.18. The van der Waals surface area contributed by atoms with Crippen LogP contribution in [0.3, 0.4) is 0 Å². The largest absolute Gasteiger partial charge is 0.545 e. The lowest BCUT2D eigenvalue weighted by atomic mass is 10.1. The standard InChI is InChI=1S/C19H17ClN2O4/c20-16-7-2-1-6-15(16)18(24)22-10-8-21(9-11-22)17(23)13-4-3-5-14(12-13)19(25)26/h1-7,12H,8-11H2,(H,25,26)/p-1. The second kappa shape index (κ2) is 7.58. The van der Waals surface area contributed by atoms with Crippen molar-refractivity contribution < 1.29 is 19.5 Å². The van der Waals surface area contributed by atoms with Crippen LogP contribution in [-0.4, -0.2) is 53.8 Å². The van der Waals surface area contributed by atoms with E-state index < -0.39 is 5.97 Å². The second-order valence-corrected chi connectivity index (χ2v) is 6.34. The van der Waals surface area contributed by atoms with Crippen LogP contribution < -0.4 is 5.11 Å². The lowest BCUT2D eigenvalue weighted by Crippen LogP contribution is -2.50. The molecule has 1 heterocycles. The van der Waals surface area contributed by atoms with Crippen molar-refractivity contribution in [3.63, 3.8) is 0 Å². The molecule has 0 spiro atoms. The summed E-state index contributed by atoms with van der Waals surface area (Å²) in [6.45, 7) is 1.50. The van der Waals surface area contributed by atoms with E-state index in [0.29, 0.717) is 36.8 Å². The average molecular weight is 372 g/mol. The SMILES string of the molecule is O=C([O-])c1cccc(C(=O)N2CCN(C(=O)c3ccccc3Cl)CC2)c1. The summed E-state index contributed by atoms with van der Waals surface area (Å²) in [6.07, 6.45) is 0. The van der Waals surface area contributed by atoms with Gasteiger partial charge in [-0.3, -0.25) is 9.59 Å². The minimum atomic E-state index is -1.32. The fourth-order valence-electron chi connectivity index (χ4n) is 2.88. The van der Waals surface area contributed by atoms with Crippen LogP contribution in [0, 0.1) is 0 Å². The molecule has 7 heteroatoms. The van der Waals surface area contributed by atoms with Crippen molar-refractivity contribution in [1.82, 2.24) is 9.80 Å². The third kappa shape index (κ3) is 3.70. The van der Waals surface area contributed by atoms with Crippen LogP contribution in [0.15, 0.2) is 48.5 Å². The van der Waals surface area contributed by atoms with Crippen molar-refractivity contribution in [1.29, 1.82) is 0 Å². The molecule has 0 radical (unpaired) electrons. The molecule has 1 aliphatic heterocycles. The molecule has 6 nitrogen and oxygen atoms in total. The highest BCUT2D eigenvalue weighted by Gasteiger charge is 2.26. The summed E-state index contributed by atoms with van der Waals surface area (Å²) in [7, 11) is 0. The highest BCUT2D eigenvalue weighted by atomic mass is 35.5. The summed E-state index contributed by atoms with van der Waals surface area (Å²) in [4.78, 5) is 39.3. The molecule has 0 unspecified atom stereocenters. The van der Waals surface area contributed by atoms with Gasteiger partial charge in [0.2, 0.25) is 0 Å². The minimum Gasteiger partial charge on any atom is -0.545 e. The molecule has 0 aliphatic carbocycles. The molecule has 0 bridgehead atoms. The maximum atomic E-state index is 12.6. The first-order valence-electron chi connectivity index (χ1n) is 8.12. The first kappa shape index (κ1) is 17.9. The van der Waals surface area contributed by atoms with Gasteiger partial charge >= 0.3 is 0 Å². The van der Waals surface area contributed by atoms with Gasteiger partial charge < -0.3 is 19.7 Å². The van der Waals surface area contributed by atoms with Crippen molar-refractivity contribution in [2.75, 3.05) is 26.2 Å². The molecular formula is C19H16ClN2O4-. The van der Waals surface area contributed by atoms with Gasteiger partial charge in [-0.2, -0.15) is 0 Å². The first-order chi connectivity index (χ1) is 12.5. The molecular weight excluding hydrogens is 356 g/mol. The third-order valence-electron chi connectivity index (χ3n) is 4.30. The summed E-state index contributed by atoms with van der Waals surface area (Å²) in [5.41, 5.74) is 0.691. The summed E-state index contributed by atoms with van der Waals surface area (Å²) < 4.78 is 0. The molecule has 2 amide bonds. The summed E-state index contributed by atoms with van der Waals surface area (Å²) in [5, 5.41) is 11.3. The maximum Gasteiger partial charge on any atom is 0.255 e. The molecule has 0 saturated carbocycles. The molecule has 26 heavy (non-hydrogen) atoms. The van der Waals surface area contributed by atoms with Crippen LogP contribution in [0.25, 0.3) is 0 Å². The Balaban J connectivity index is 1.66. The van der Waals surface area contributed by atoms with Gasteiger partial charge in [-0.1, -0.05) is 35.9 Å². The molecule has 134 valence electrons. The Labute approximate surface area is 155 Å². The lowest BCUT2D eigenvalue weighted by molar-refractivity contribution is -0.255. The van der Waals surface area contributed by atoms with Gasteiger partial charge in [-0.15, -0.1) is 0 Å². The van der Waals surface area contributed by atoms with Crippen LogP contribution in [0.4, 0.5) is 0 Å².